The van der Waals surface area contributed by atoms with Crippen LogP contribution in [0.2, 0.25) is 0 Å². The molecular weight excluding hydrogens is 375 g/mol. The van der Waals surface area contributed by atoms with Crippen LogP contribution in [0.15, 0.2) is 42.5 Å². The molecule has 2 aromatic rings. The average Bonchev–Trinajstić information content (AvgIpc) is 3.17. The normalized spacial score (nSPS) is 19.3. The standard InChI is InChI=1S/C19H20F3N3O3/c1-27-13-6-7-14(17(9-13)28-2)15-10-16(25-24-15)18(26)23-12-5-3-4-11(8-12)19(20,21)22/h3-9,15-16,24-25H,10H2,1-2H3,(H,23,26). The van der Waals surface area contributed by atoms with Crippen molar-refractivity contribution >= 4 is 11.6 Å². The van der Waals surface area contributed by atoms with Crippen molar-refractivity contribution < 1.29 is 27.4 Å². The topological polar surface area (TPSA) is 71.6 Å². The maximum absolute atomic E-state index is 12.8. The molecule has 3 N–H and O–H groups in total. The van der Waals surface area contributed by atoms with Crippen LogP contribution in [-0.4, -0.2) is 26.2 Å². The van der Waals surface area contributed by atoms with Crippen LogP contribution < -0.4 is 25.6 Å². The lowest BCUT2D eigenvalue weighted by atomic mass is 10.0. The number of ether oxygens (including phenoxy) is 2. The number of carbonyl (C=O) groups excluding carboxylic acids is 1. The number of rotatable bonds is 5. The minimum Gasteiger partial charge on any atom is -0.497 e. The summed E-state index contributed by atoms with van der Waals surface area (Å²) in [6.07, 6.45) is -4.07. The SMILES string of the molecule is COc1ccc(C2CC(C(=O)Nc3cccc(C(F)(F)F)c3)NN2)c(OC)c1. The number of nitrogens with one attached hydrogen (secondary N) is 3. The van der Waals surface area contributed by atoms with E-state index in [9.17, 15) is 18.0 Å². The van der Waals surface area contributed by atoms with Gasteiger partial charge in [-0.05, 0) is 30.7 Å². The van der Waals surface area contributed by atoms with Gasteiger partial charge in [-0.1, -0.05) is 12.1 Å². The fraction of sp³-hybridized carbons (Fsp3) is 0.316. The van der Waals surface area contributed by atoms with E-state index < -0.39 is 23.7 Å². The van der Waals surface area contributed by atoms with Crippen LogP contribution in [0, 0.1) is 0 Å². The third-order valence-electron chi connectivity index (χ3n) is 4.49. The second-order valence-electron chi connectivity index (χ2n) is 6.31. The molecule has 0 radical (unpaired) electrons. The number of alkyl halides is 3. The van der Waals surface area contributed by atoms with E-state index in [4.69, 9.17) is 9.47 Å². The van der Waals surface area contributed by atoms with E-state index >= 15 is 0 Å². The van der Waals surface area contributed by atoms with Crippen molar-refractivity contribution in [2.75, 3.05) is 19.5 Å². The third kappa shape index (κ3) is 4.37. The Morgan fingerprint density at radius 1 is 1.11 bits per heavy atom. The summed E-state index contributed by atoms with van der Waals surface area (Å²) in [6, 6.07) is 9.07. The van der Waals surface area contributed by atoms with Gasteiger partial charge in [-0.25, -0.2) is 10.9 Å². The maximum Gasteiger partial charge on any atom is 0.416 e. The summed E-state index contributed by atoms with van der Waals surface area (Å²) in [6.45, 7) is 0. The van der Waals surface area contributed by atoms with Crippen molar-refractivity contribution in [1.29, 1.82) is 0 Å². The highest BCUT2D eigenvalue weighted by molar-refractivity contribution is 5.95. The predicted molar refractivity (Wildman–Crippen MR) is 97.0 cm³/mol. The van der Waals surface area contributed by atoms with Gasteiger partial charge in [0.25, 0.3) is 0 Å². The zero-order valence-electron chi connectivity index (χ0n) is 15.3. The van der Waals surface area contributed by atoms with Crippen LogP contribution in [0.5, 0.6) is 11.5 Å². The van der Waals surface area contributed by atoms with E-state index in [1.165, 1.54) is 12.1 Å². The Hall–Kier alpha value is -2.78. The lowest BCUT2D eigenvalue weighted by Crippen LogP contribution is -2.39. The van der Waals surface area contributed by atoms with Gasteiger partial charge in [0.05, 0.1) is 25.8 Å². The van der Waals surface area contributed by atoms with Gasteiger partial charge in [0, 0.05) is 17.3 Å². The molecule has 0 saturated carbocycles. The van der Waals surface area contributed by atoms with Crippen LogP contribution in [0.25, 0.3) is 0 Å². The highest BCUT2D eigenvalue weighted by Gasteiger charge is 2.33. The Bertz CT molecular complexity index is 858. The summed E-state index contributed by atoms with van der Waals surface area (Å²) in [7, 11) is 3.09. The van der Waals surface area contributed by atoms with Gasteiger partial charge in [0.15, 0.2) is 0 Å². The number of amides is 1. The van der Waals surface area contributed by atoms with E-state index in [-0.39, 0.29) is 11.7 Å². The van der Waals surface area contributed by atoms with Crippen molar-refractivity contribution in [3.8, 4) is 11.5 Å². The van der Waals surface area contributed by atoms with Crippen LogP contribution in [-0.2, 0) is 11.0 Å². The first-order valence-electron chi connectivity index (χ1n) is 8.53. The van der Waals surface area contributed by atoms with Crippen LogP contribution in [0.1, 0.15) is 23.6 Å². The molecule has 6 nitrogen and oxygen atoms in total. The second kappa shape index (κ2) is 8.07. The Balaban J connectivity index is 1.68. The Labute approximate surface area is 160 Å². The molecule has 1 fully saturated rings. The quantitative estimate of drug-likeness (QED) is 0.725. The Morgan fingerprint density at radius 2 is 1.89 bits per heavy atom. The second-order valence-corrected chi connectivity index (χ2v) is 6.31. The van der Waals surface area contributed by atoms with Crippen molar-refractivity contribution in [1.82, 2.24) is 10.9 Å². The molecule has 9 heteroatoms. The first-order chi connectivity index (χ1) is 13.3. The van der Waals surface area contributed by atoms with E-state index in [1.807, 2.05) is 6.07 Å². The number of benzene rings is 2. The van der Waals surface area contributed by atoms with E-state index in [0.29, 0.717) is 17.9 Å². The van der Waals surface area contributed by atoms with E-state index in [1.54, 1.807) is 26.4 Å². The third-order valence-corrected chi connectivity index (χ3v) is 4.49. The minimum absolute atomic E-state index is 0.0899. The number of halogens is 3. The number of anilines is 1. The first-order valence-corrected chi connectivity index (χ1v) is 8.53. The molecule has 3 rings (SSSR count). The molecule has 1 saturated heterocycles. The van der Waals surface area contributed by atoms with Crippen molar-refractivity contribution in [3.63, 3.8) is 0 Å². The largest absolute Gasteiger partial charge is 0.497 e. The lowest BCUT2D eigenvalue weighted by molar-refractivity contribution is -0.137. The molecule has 0 aliphatic carbocycles. The van der Waals surface area contributed by atoms with Crippen molar-refractivity contribution in [3.05, 3.63) is 53.6 Å². The van der Waals surface area contributed by atoms with Crippen LogP contribution in [0.3, 0.4) is 0 Å². The minimum atomic E-state index is -4.47. The molecule has 0 aromatic heterocycles. The zero-order chi connectivity index (χ0) is 20.3. The maximum atomic E-state index is 12.8. The highest BCUT2D eigenvalue weighted by atomic mass is 19.4. The van der Waals surface area contributed by atoms with Gasteiger partial charge in [-0.15, -0.1) is 0 Å². The first kappa shape index (κ1) is 20.0. The summed E-state index contributed by atoms with van der Waals surface area (Å²) < 4.78 is 49.0. The predicted octanol–water partition coefficient (Wildman–Crippen LogP) is 3.27. The molecular formula is C19H20F3N3O3. The summed E-state index contributed by atoms with van der Waals surface area (Å²) in [5.41, 5.74) is 6.02. The highest BCUT2D eigenvalue weighted by Crippen LogP contribution is 2.34. The lowest BCUT2D eigenvalue weighted by Gasteiger charge is -2.15. The van der Waals surface area contributed by atoms with Crippen molar-refractivity contribution in [2.24, 2.45) is 0 Å². The molecule has 1 aliphatic rings. The van der Waals surface area contributed by atoms with Gasteiger partial charge >= 0.3 is 6.18 Å². The summed E-state index contributed by atoms with van der Waals surface area (Å²) in [5.74, 6) is 0.824. The molecule has 150 valence electrons. The number of hydrazine groups is 1. The fourth-order valence-corrected chi connectivity index (χ4v) is 3.04. The Kier molecular flexibility index (Phi) is 5.76. The zero-order valence-corrected chi connectivity index (χ0v) is 15.3. The molecule has 1 aliphatic heterocycles. The Morgan fingerprint density at radius 3 is 2.57 bits per heavy atom. The molecule has 0 bridgehead atoms. The van der Waals surface area contributed by atoms with Gasteiger partial charge in [0.2, 0.25) is 5.91 Å². The monoisotopic (exact) mass is 395 g/mol. The van der Waals surface area contributed by atoms with Gasteiger partial charge in [0.1, 0.15) is 17.5 Å². The summed E-state index contributed by atoms with van der Waals surface area (Å²) in [4.78, 5) is 12.5. The van der Waals surface area contributed by atoms with Gasteiger partial charge in [-0.2, -0.15) is 13.2 Å². The number of hydrogen-bond acceptors (Lipinski definition) is 5. The van der Waals surface area contributed by atoms with Gasteiger partial charge < -0.3 is 14.8 Å². The number of hydrogen-bond donors (Lipinski definition) is 3. The molecule has 2 atom stereocenters. The summed E-state index contributed by atoms with van der Waals surface area (Å²) in [5, 5.41) is 2.52. The number of methoxy groups -OCH3 is 2. The van der Waals surface area contributed by atoms with Crippen LogP contribution in [0.4, 0.5) is 18.9 Å². The molecule has 28 heavy (non-hydrogen) atoms. The molecule has 2 aromatic carbocycles. The van der Waals surface area contributed by atoms with E-state index in [2.05, 4.69) is 16.2 Å². The fourth-order valence-electron chi connectivity index (χ4n) is 3.04. The van der Waals surface area contributed by atoms with Gasteiger partial charge in [-0.3, -0.25) is 4.79 Å². The van der Waals surface area contributed by atoms with Crippen LogP contribution >= 0.6 is 0 Å². The molecule has 1 heterocycles. The van der Waals surface area contributed by atoms with E-state index in [0.717, 1.165) is 17.7 Å². The number of carbonyl (C=O) groups is 1. The smallest absolute Gasteiger partial charge is 0.416 e. The van der Waals surface area contributed by atoms with Crippen molar-refractivity contribution in [2.45, 2.75) is 24.7 Å². The molecule has 2 unspecified atom stereocenters. The molecule has 1 amide bonds. The summed E-state index contributed by atoms with van der Waals surface area (Å²) >= 11 is 0. The molecule has 0 spiro atoms. The average molecular weight is 395 g/mol.